The van der Waals surface area contributed by atoms with Crippen molar-refractivity contribution in [1.29, 1.82) is 5.26 Å². The number of hydrogen-bond donors (Lipinski definition) is 1. The van der Waals surface area contributed by atoms with Crippen molar-refractivity contribution >= 4 is 11.6 Å². The van der Waals surface area contributed by atoms with Crippen LogP contribution in [0.25, 0.3) is 0 Å². The van der Waals surface area contributed by atoms with Crippen molar-refractivity contribution in [3.05, 3.63) is 24.0 Å². The number of anilines is 1. The highest BCUT2D eigenvalue weighted by Gasteiger charge is 2.26. The number of carbonyl (C=O) groups excluding carboxylic acids is 1. The number of aromatic nitrogens is 1. The Balaban J connectivity index is 1.88. The molecule has 2 rings (SSSR count). The van der Waals surface area contributed by atoms with Gasteiger partial charge in [0, 0.05) is 24.5 Å². The number of nitrogens with one attached hydrogen (secondary N) is 1. The molecule has 1 saturated heterocycles. The van der Waals surface area contributed by atoms with Crippen LogP contribution in [0.1, 0.15) is 39.3 Å². The maximum absolute atomic E-state index is 12.0. The van der Waals surface area contributed by atoms with Crippen LogP contribution in [0.4, 0.5) is 5.69 Å². The van der Waals surface area contributed by atoms with Crippen LogP contribution < -0.4 is 10.2 Å². The minimum Gasteiger partial charge on any atom is -0.370 e. The largest absolute Gasteiger partial charge is 0.370 e. The van der Waals surface area contributed by atoms with E-state index in [1.165, 1.54) is 0 Å². The molecule has 1 amide bonds. The maximum Gasteiger partial charge on any atom is 0.225 e. The zero-order valence-electron chi connectivity index (χ0n) is 12.9. The van der Waals surface area contributed by atoms with Gasteiger partial charge in [0.1, 0.15) is 11.8 Å². The van der Waals surface area contributed by atoms with Crippen LogP contribution in [0.5, 0.6) is 0 Å². The Morgan fingerprint density at radius 2 is 2.05 bits per heavy atom. The number of rotatable bonds is 2. The first-order chi connectivity index (χ1) is 9.90. The van der Waals surface area contributed by atoms with E-state index in [9.17, 15) is 4.79 Å². The fourth-order valence-electron chi connectivity index (χ4n) is 2.32. The van der Waals surface area contributed by atoms with Crippen LogP contribution in [0.3, 0.4) is 0 Å². The first-order valence-electron chi connectivity index (χ1n) is 7.32. The highest BCUT2D eigenvalue weighted by atomic mass is 16.2. The highest BCUT2D eigenvalue weighted by Crippen LogP contribution is 2.20. The van der Waals surface area contributed by atoms with E-state index in [-0.39, 0.29) is 17.4 Å². The number of amides is 1. The van der Waals surface area contributed by atoms with Crippen LogP contribution in [-0.4, -0.2) is 30.0 Å². The Hall–Kier alpha value is -2.09. The summed E-state index contributed by atoms with van der Waals surface area (Å²) in [5, 5.41) is 11.9. The third-order valence-electron chi connectivity index (χ3n) is 3.74. The number of nitriles is 1. The van der Waals surface area contributed by atoms with Gasteiger partial charge in [-0.3, -0.25) is 4.79 Å². The van der Waals surface area contributed by atoms with Gasteiger partial charge in [-0.25, -0.2) is 4.98 Å². The number of carbonyl (C=O) groups is 1. The second-order valence-corrected chi connectivity index (χ2v) is 6.50. The van der Waals surface area contributed by atoms with Gasteiger partial charge in [-0.2, -0.15) is 5.26 Å². The summed E-state index contributed by atoms with van der Waals surface area (Å²) in [5.74, 6) is 0.112. The van der Waals surface area contributed by atoms with Gasteiger partial charge in [-0.15, -0.1) is 0 Å². The summed E-state index contributed by atoms with van der Waals surface area (Å²) in [7, 11) is 0. The molecule has 5 nitrogen and oxygen atoms in total. The maximum atomic E-state index is 12.0. The van der Waals surface area contributed by atoms with Gasteiger partial charge >= 0.3 is 0 Å². The van der Waals surface area contributed by atoms with E-state index in [2.05, 4.69) is 15.2 Å². The molecule has 2 heterocycles. The Bertz CT molecular complexity index is 531. The molecule has 0 aliphatic carbocycles. The SMILES string of the molecule is CC(C)(C)C(=O)NC1CCN(c2ccc(C#N)nc2)CC1. The minimum atomic E-state index is -0.339. The van der Waals surface area contributed by atoms with Gasteiger partial charge in [0.05, 0.1) is 11.9 Å². The van der Waals surface area contributed by atoms with Crippen molar-refractivity contribution in [2.24, 2.45) is 5.41 Å². The molecule has 0 bridgehead atoms. The summed E-state index contributed by atoms with van der Waals surface area (Å²) >= 11 is 0. The Morgan fingerprint density at radius 1 is 1.38 bits per heavy atom. The van der Waals surface area contributed by atoms with Crippen molar-refractivity contribution in [1.82, 2.24) is 10.3 Å². The molecule has 5 heteroatoms. The molecule has 1 aromatic heterocycles. The van der Waals surface area contributed by atoms with E-state index in [1.807, 2.05) is 32.9 Å². The van der Waals surface area contributed by atoms with Gasteiger partial charge in [-0.05, 0) is 25.0 Å². The quantitative estimate of drug-likeness (QED) is 0.903. The molecule has 1 aliphatic rings. The van der Waals surface area contributed by atoms with Crippen molar-refractivity contribution < 1.29 is 4.79 Å². The van der Waals surface area contributed by atoms with Gasteiger partial charge < -0.3 is 10.2 Å². The van der Waals surface area contributed by atoms with Crippen molar-refractivity contribution in [2.45, 2.75) is 39.7 Å². The van der Waals surface area contributed by atoms with Crippen molar-refractivity contribution in [3.63, 3.8) is 0 Å². The summed E-state index contributed by atoms with van der Waals surface area (Å²) in [6.45, 7) is 7.57. The molecule has 0 unspecified atom stereocenters. The van der Waals surface area contributed by atoms with E-state index in [1.54, 1.807) is 12.3 Å². The van der Waals surface area contributed by atoms with Crippen molar-refractivity contribution in [3.8, 4) is 6.07 Å². The molecule has 1 aromatic rings. The summed E-state index contributed by atoms with van der Waals surface area (Å²) in [6, 6.07) is 5.94. The Labute approximate surface area is 126 Å². The van der Waals surface area contributed by atoms with E-state index in [0.717, 1.165) is 31.6 Å². The molecule has 0 saturated carbocycles. The van der Waals surface area contributed by atoms with Crippen LogP contribution in [-0.2, 0) is 4.79 Å². The van der Waals surface area contributed by atoms with E-state index >= 15 is 0 Å². The molecule has 0 radical (unpaired) electrons. The fraction of sp³-hybridized carbons (Fsp3) is 0.562. The lowest BCUT2D eigenvalue weighted by atomic mass is 9.94. The summed E-state index contributed by atoms with van der Waals surface area (Å²) in [4.78, 5) is 18.3. The standard InChI is InChI=1S/C16H22N4O/c1-16(2,3)15(21)19-12-6-8-20(9-7-12)14-5-4-13(10-17)18-11-14/h4-5,11-12H,6-9H2,1-3H3,(H,19,21). The second kappa shape index (κ2) is 6.13. The molecule has 0 aromatic carbocycles. The first-order valence-corrected chi connectivity index (χ1v) is 7.32. The normalized spacial score (nSPS) is 16.4. The van der Waals surface area contributed by atoms with Gasteiger partial charge in [0.15, 0.2) is 0 Å². The Kier molecular flexibility index (Phi) is 4.46. The lowest BCUT2D eigenvalue weighted by molar-refractivity contribution is -0.129. The highest BCUT2D eigenvalue weighted by molar-refractivity contribution is 5.81. The molecule has 0 atom stereocenters. The smallest absolute Gasteiger partial charge is 0.225 e. The lowest BCUT2D eigenvalue weighted by Gasteiger charge is -2.34. The van der Waals surface area contributed by atoms with Gasteiger partial charge in [0.2, 0.25) is 5.91 Å². The predicted octanol–water partition coefficient (Wildman–Crippen LogP) is 2.08. The van der Waals surface area contributed by atoms with E-state index in [0.29, 0.717) is 5.69 Å². The van der Waals surface area contributed by atoms with Gasteiger partial charge in [0.25, 0.3) is 0 Å². The number of hydrogen-bond acceptors (Lipinski definition) is 4. The molecule has 1 aliphatic heterocycles. The Morgan fingerprint density at radius 3 is 2.52 bits per heavy atom. The first kappa shape index (κ1) is 15.3. The van der Waals surface area contributed by atoms with E-state index < -0.39 is 0 Å². The molecule has 1 N–H and O–H groups in total. The molecular formula is C16H22N4O. The molecule has 21 heavy (non-hydrogen) atoms. The topological polar surface area (TPSA) is 69.0 Å². The second-order valence-electron chi connectivity index (χ2n) is 6.50. The summed E-state index contributed by atoms with van der Waals surface area (Å²) in [6.07, 6.45) is 3.61. The molecule has 0 spiro atoms. The molecular weight excluding hydrogens is 264 g/mol. The zero-order chi connectivity index (χ0) is 15.5. The number of pyridine rings is 1. The van der Waals surface area contributed by atoms with Crippen LogP contribution in [0, 0.1) is 16.7 Å². The van der Waals surface area contributed by atoms with Crippen LogP contribution in [0.15, 0.2) is 18.3 Å². The predicted molar refractivity (Wildman–Crippen MR) is 81.8 cm³/mol. The van der Waals surface area contributed by atoms with Crippen molar-refractivity contribution in [2.75, 3.05) is 18.0 Å². The lowest BCUT2D eigenvalue weighted by Crippen LogP contribution is -2.47. The molecule has 112 valence electrons. The number of piperidine rings is 1. The monoisotopic (exact) mass is 286 g/mol. The zero-order valence-corrected chi connectivity index (χ0v) is 12.9. The van der Waals surface area contributed by atoms with E-state index in [4.69, 9.17) is 5.26 Å². The molecule has 1 fully saturated rings. The average molecular weight is 286 g/mol. The third-order valence-corrected chi connectivity index (χ3v) is 3.74. The average Bonchev–Trinajstić information content (AvgIpc) is 2.47. The van der Waals surface area contributed by atoms with Crippen LogP contribution in [0.2, 0.25) is 0 Å². The van der Waals surface area contributed by atoms with Gasteiger partial charge in [-0.1, -0.05) is 20.8 Å². The fourth-order valence-corrected chi connectivity index (χ4v) is 2.32. The minimum absolute atomic E-state index is 0.112. The number of nitrogens with zero attached hydrogens (tertiary/aromatic N) is 3. The summed E-state index contributed by atoms with van der Waals surface area (Å²) < 4.78 is 0. The summed E-state index contributed by atoms with van der Waals surface area (Å²) in [5.41, 5.74) is 1.13. The third kappa shape index (κ3) is 3.94. The van der Waals surface area contributed by atoms with Crippen LogP contribution >= 0.6 is 0 Å².